The first-order chi connectivity index (χ1) is 15.8. The molecule has 0 spiro atoms. The number of nitrogens with zero attached hydrogens (tertiary/aromatic N) is 2. The zero-order valence-corrected chi connectivity index (χ0v) is 18.1. The molecule has 0 saturated carbocycles. The number of carboxylic acid groups (broad SMARTS) is 2. The molecule has 3 rings (SSSR count). The number of aryl methyl sites for hydroxylation is 1. The number of nitrogens with one attached hydrogen (secondary N) is 1. The molecule has 0 aliphatic carbocycles. The Labute approximate surface area is 190 Å². The van der Waals surface area contributed by atoms with Gasteiger partial charge in [0.15, 0.2) is 0 Å². The maximum absolute atomic E-state index is 12.7. The van der Waals surface area contributed by atoms with Crippen molar-refractivity contribution in [1.82, 2.24) is 14.9 Å². The summed E-state index contributed by atoms with van der Waals surface area (Å²) in [5.41, 5.74) is 14.8. The molecule has 1 amide bonds. The van der Waals surface area contributed by atoms with Crippen molar-refractivity contribution < 1.29 is 24.6 Å². The Morgan fingerprint density at radius 2 is 1.73 bits per heavy atom. The maximum atomic E-state index is 12.7. The van der Waals surface area contributed by atoms with Crippen molar-refractivity contribution in [2.24, 2.45) is 11.5 Å². The number of rotatable bonds is 11. The van der Waals surface area contributed by atoms with E-state index in [-0.39, 0.29) is 24.1 Å². The number of hydrogen-bond donors (Lipinski definition) is 5. The van der Waals surface area contributed by atoms with Crippen molar-refractivity contribution >= 4 is 28.9 Å². The van der Waals surface area contributed by atoms with E-state index in [1.807, 2.05) is 28.8 Å². The molecule has 1 aromatic heterocycles. The number of imidazole rings is 1. The molecular weight excluding hydrogens is 426 g/mol. The summed E-state index contributed by atoms with van der Waals surface area (Å²) >= 11 is 0. The molecule has 0 radical (unpaired) electrons. The highest BCUT2D eigenvalue weighted by molar-refractivity contribution is 6.02. The summed E-state index contributed by atoms with van der Waals surface area (Å²) in [7, 11) is 0. The van der Waals surface area contributed by atoms with Gasteiger partial charge in [-0.15, -0.1) is 0 Å². The number of aromatic nitrogens is 2. The molecule has 174 valence electrons. The van der Waals surface area contributed by atoms with E-state index in [0.717, 1.165) is 11.1 Å². The van der Waals surface area contributed by atoms with Gasteiger partial charge in [-0.25, -0.2) is 4.98 Å². The third-order valence-electron chi connectivity index (χ3n) is 5.26. The number of aliphatic carboxylic acids is 2. The molecule has 10 nitrogen and oxygen atoms in total. The average molecular weight is 453 g/mol. The Balaban J connectivity index is 2.14. The normalized spacial score (nSPS) is 11.0. The standard InChI is InChI=1S/C23H27N5O5/c24-9-1-11-28-18-7-6-16(23(33)26-10-8-19(29)30)17(12-20(31)32)21(18)27-22(28)15-4-2-14(13-25)3-5-15/h2-7H,1,8-13,24-25H2,(H,26,33)(H,29,30)(H,31,32). The first-order valence-electron chi connectivity index (χ1n) is 10.6. The molecule has 0 aliphatic rings. The van der Waals surface area contributed by atoms with Crippen molar-refractivity contribution in [3.8, 4) is 11.4 Å². The van der Waals surface area contributed by atoms with Crippen LogP contribution in [0.5, 0.6) is 0 Å². The maximum Gasteiger partial charge on any atom is 0.307 e. The van der Waals surface area contributed by atoms with E-state index in [2.05, 4.69) is 5.32 Å². The summed E-state index contributed by atoms with van der Waals surface area (Å²) in [4.78, 5) is 39.8. The molecule has 1 heterocycles. The molecular formula is C23H27N5O5. The third-order valence-corrected chi connectivity index (χ3v) is 5.26. The van der Waals surface area contributed by atoms with Crippen molar-refractivity contribution in [1.29, 1.82) is 0 Å². The van der Waals surface area contributed by atoms with E-state index >= 15 is 0 Å². The number of hydrogen-bond acceptors (Lipinski definition) is 6. The zero-order valence-electron chi connectivity index (χ0n) is 18.1. The van der Waals surface area contributed by atoms with Crippen molar-refractivity contribution in [3.05, 3.63) is 53.1 Å². The predicted molar refractivity (Wildman–Crippen MR) is 123 cm³/mol. The topological polar surface area (TPSA) is 174 Å². The molecule has 0 fully saturated rings. The molecule has 2 aromatic carbocycles. The van der Waals surface area contributed by atoms with E-state index in [4.69, 9.17) is 21.6 Å². The molecule has 0 aliphatic heterocycles. The van der Waals surface area contributed by atoms with E-state index in [1.54, 1.807) is 12.1 Å². The van der Waals surface area contributed by atoms with E-state index in [1.165, 1.54) is 0 Å². The van der Waals surface area contributed by atoms with E-state index < -0.39 is 24.3 Å². The van der Waals surface area contributed by atoms with Crippen LogP contribution in [0.3, 0.4) is 0 Å². The van der Waals surface area contributed by atoms with E-state index in [9.17, 15) is 19.5 Å². The molecule has 0 bridgehead atoms. The van der Waals surface area contributed by atoms with Gasteiger partial charge in [-0.3, -0.25) is 14.4 Å². The van der Waals surface area contributed by atoms with Gasteiger partial charge < -0.3 is 31.6 Å². The number of amides is 1. The lowest BCUT2D eigenvalue weighted by Gasteiger charge is -2.11. The second-order valence-electron chi connectivity index (χ2n) is 7.56. The lowest BCUT2D eigenvalue weighted by atomic mass is 10.0. The smallest absolute Gasteiger partial charge is 0.307 e. The van der Waals surface area contributed by atoms with Crippen LogP contribution in [0.1, 0.15) is 34.3 Å². The summed E-state index contributed by atoms with van der Waals surface area (Å²) in [6, 6.07) is 10.9. The second kappa shape index (κ2) is 10.7. The molecule has 7 N–H and O–H groups in total. The summed E-state index contributed by atoms with van der Waals surface area (Å²) in [5.74, 6) is -2.05. The van der Waals surface area contributed by atoms with Gasteiger partial charge in [-0.05, 0) is 30.7 Å². The summed E-state index contributed by atoms with van der Waals surface area (Å²) in [5, 5.41) is 20.8. The summed E-state index contributed by atoms with van der Waals surface area (Å²) in [6.07, 6.45) is 0.0441. The Morgan fingerprint density at radius 1 is 1.00 bits per heavy atom. The first kappa shape index (κ1) is 23.9. The minimum Gasteiger partial charge on any atom is -0.481 e. The number of carboxylic acids is 2. The van der Waals surface area contributed by atoms with E-state index in [0.29, 0.717) is 42.9 Å². The highest BCUT2D eigenvalue weighted by Crippen LogP contribution is 2.30. The first-order valence-corrected chi connectivity index (χ1v) is 10.6. The number of carbonyl (C=O) groups is 3. The third kappa shape index (κ3) is 5.54. The van der Waals surface area contributed by atoms with Crippen molar-refractivity contribution in [3.63, 3.8) is 0 Å². The highest BCUT2D eigenvalue weighted by Gasteiger charge is 2.22. The monoisotopic (exact) mass is 453 g/mol. The number of nitrogens with two attached hydrogens (primary N) is 2. The van der Waals surface area contributed by atoms with Crippen molar-refractivity contribution in [2.75, 3.05) is 13.1 Å². The Hall–Kier alpha value is -3.76. The van der Waals surface area contributed by atoms with Crippen LogP contribution >= 0.6 is 0 Å². The fourth-order valence-electron chi connectivity index (χ4n) is 3.65. The molecule has 33 heavy (non-hydrogen) atoms. The van der Waals surface area contributed by atoms with Crippen LogP contribution in [0.15, 0.2) is 36.4 Å². The Morgan fingerprint density at radius 3 is 2.33 bits per heavy atom. The average Bonchev–Trinajstić information content (AvgIpc) is 3.16. The fraction of sp³-hybridized carbons (Fsp3) is 0.304. The Bertz CT molecular complexity index is 1170. The van der Waals surface area contributed by atoms with Crippen LogP contribution in [-0.2, 0) is 29.1 Å². The van der Waals surface area contributed by atoms with Gasteiger partial charge in [0, 0.05) is 36.3 Å². The van der Waals surface area contributed by atoms with Gasteiger partial charge in [0.05, 0.1) is 23.9 Å². The Kier molecular flexibility index (Phi) is 7.75. The lowest BCUT2D eigenvalue weighted by molar-refractivity contribution is -0.137. The van der Waals surface area contributed by atoms with Crippen LogP contribution in [0.4, 0.5) is 0 Å². The largest absolute Gasteiger partial charge is 0.481 e. The zero-order chi connectivity index (χ0) is 24.0. The number of benzene rings is 2. The number of fused-ring (bicyclic) bond motifs is 1. The molecule has 0 atom stereocenters. The minimum absolute atomic E-state index is 0.0671. The quantitative estimate of drug-likeness (QED) is 0.289. The van der Waals surface area contributed by atoms with Gasteiger partial charge in [-0.1, -0.05) is 24.3 Å². The van der Waals surface area contributed by atoms with Crippen LogP contribution in [0, 0.1) is 0 Å². The second-order valence-corrected chi connectivity index (χ2v) is 7.56. The van der Waals surface area contributed by atoms with Gasteiger partial charge >= 0.3 is 11.9 Å². The van der Waals surface area contributed by atoms with Crippen LogP contribution in [0.25, 0.3) is 22.4 Å². The van der Waals surface area contributed by atoms with Crippen LogP contribution in [0.2, 0.25) is 0 Å². The highest BCUT2D eigenvalue weighted by atomic mass is 16.4. The predicted octanol–water partition coefficient (Wildman–Crippen LogP) is 1.34. The summed E-state index contributed by atoms with van der Waals surface area (Å²) in [6.45, 7) is 1.38. The van der Waals surface area contributed by atoms with Crippen LogP contribution in [-0.4, -0.2) is 50.7 Å². The lowest BCUT2D eigenvalue weighted by Crippen LogP contribution is -2.27. The minimum atomic E-state index is -1.10. The molecule has 3 aromatic rings. The van der Waals surface area contributed by atoms with Gasteiger partial charge in [0.1, 0.15) is 5.82 Å². The van der Waals surface area contributed by atoms with Gasteiger partial charge in [-0.2, -0.15) is 0 Å². The molecule has 0 saturated heterocycles. The fourth-order valence-corrected chi connectivity index (χ4v) is 3.65. The van der Waals surface area contributed by atoms with Crippen LogP contribution < -0.4 is 16.8 Å². The summed E-state index contributed by atoms with van der Waals surface area (Å²) < 4.78 is 1.97. The van der Waals surface area contributed by atoms with Gasteiger partial charge in [0.25, 0.3) is 5.91 Å². The SMILES string of the molecule is NCCCn1c(-c2ccc(CN)cc2)nc2c(CC(=O)O)c(C(=O)NCCC(=O)O)ccc21. The van der Waals surface area contributed by atoms with Crippen molar-refractivity contribution in [2.45, 2.75) is 32.4 Å². The molecule has 10 heteroatoms. The van der Waals surface area contributed by atoms with Gasteiger partial charge in [0.2, 0.25) is 0 Å². The number of carbonyl (C=O) groups excluding carboxylic acids is 1. The molecule has 0 unspecified atom stereocenters.